The molecule has 0 radical (unpaired) electrons. The highest BCUT2D eigenvalue weighted by Gasteiger charge is 2.11. The zero-order valence-corrected chi connectivity index (χ0v) is 19.5. The van der Waals surface area contributed by atoms with Gasteiger partial charge in [0.15, 0.2) is 16.4 Å². The fourth-order valence-corrected chi connectivity index (χ4v) is 3.55. The summed E-state index contributed by atoms with van der Waals surface area (Å²) in [6.07, 6.45) is 1.75. The van der Waals surface area contributed by atoms with Gasteiger partial charge >= 0.3 is 0 Å². The van der Waals surface area contributed by atoms with Crippen molar-refractivity contribution in [3.05, 3.63) is 78.9 Å². The molecular formula is C25H27NO6S. The molecule has 0 saturated heterocycles. The van der Waals surface area contributed by atoms with Crippen LogP contribution in [0, 0.1) is 0 Å². The predicted octanol–water partition coefficient (Wildman–Crippen LogP) is 4.19. The van der Waals surface area contributed by atoms with Crippen LogP contribution in [-0.4, -0.2) is 52.3 Å². The van der Waals surface area contributed by atoms with Crippen LogP contribution in [0.4, 0.5) is 0 Å². The summed E-state index contributed by atoms with van der Waals surface area (Å²) in [6, 6.07) is 22.9. The van der Waals surface area contributed by atoms with Crippen LogP contribution in [0.15, 0.2) is 83.8 Å². The van der Waals surface area contributed by atoms with E-state index in [1.165, 1.54) is 12.1 Å². The van der Waals surface area contributed by atoms with Crippen molar-refractivity contribution in [3.63, 3.8) is 0 Å². The maximum atomic E-state index is 12.3. The molecular weight excluding hydrogens is 442 g/mol. The molecule has 0 heterocycles. The van der Waals surface area contributed by atoms with Gasteiger partial charge in [-0.05, 0) is 61.0 Å². The summed E-state index contributed by atoms with van der Waals surface area (Å²) >= 11 is 0. The summed E-state index contributed by atoms with van der Waals surface area (Å²) in [7, 11) is -1.58. The number of likely N-dealkylation sites (N-methyl/N-ethyl adjacent to an activating group) is 1. The van der Waals surface area contributed by atoms with Crippen LogP contribution in [0.3, 0.4) is 0 Å². The lowest BCUT2D eigenvalue weighted by Gasteiger charge is -2.17. The van der Waals surface area contributed by atoms with E-state index in [2.05, 4.69) is 0 Å². The van der Waals surface area contributed by atoms with Gasteiger partial charge in [0, 0.05) is 19.8 Å². The SMILES string of the molecule is CN(CCCOc1cccc(S(C)(=O)=O)c1)C(=O)COc1ccc(Oc2ccccc2)cc1. The third-order valence-corrected chi connectivity index (χ3v) is 5.84. The number of para-hydroxylation sites is 1. The Kier molecular flexibility index (Phi) is 8.32. The molecule has 0 N–H and O–H groups in total. The molecule has 0 aliphatic heterocycles. The molecule has 33 heavy (non-hydrogen) atoms. The van der Waals surface area contributed by atoms with Crippen LogP contribution < -0.4 is 14.2 Å². The number of hydrogen-bond donors (Lipinski definition) is 0. The van der Waals surface area contributed by atoms with Crippen molar-refractivity contribution in [2.24, 2.45) is 0 Å². The van der Waals surface area contributed by atoms with Crippen LogP contribution in [-0.2, 0) is 14.6 Å². The number of hydrogen-bond acceptors (Lipinski definition) is 6. The largest absolute Gasteiger partial charge is 0.493 e. The lowest BCUT2D eigenvalue weighted by molar-refractivity contribution is -0.132. The van der Waals surface area contributed by atoms with Crippen molar-refractivity contribution >= 4 is 15.7 Å². The van der Waals surface area contributed by atoms with Gasteiger partial charge in [-0.3, -0.25) is 4.79 Å². The van der Waals surface area contributed by atoms with Gasteiger partial charge in [-0.1, -0.05) is 24.3 Å². The topological polar surface area (TPSA) is 82.1 Å². The minimum Gasteiger partial charge on any atom is -0.493 e. The van der Waals surface area contributed by atoms with E-state index >= 15 is 0 Å². The van der Waals surface area contributed by atoms with Crippen molar-refractivity contribution < 1.29 is 27.4 Å². The molecule has 0 aromatic heterocycles. The molecule has 174 valence electrons. The van der Waals surface area contributed by atoms with Crippen molar-refractivity contribution in [1.82, 2.24) is 4.90 Å². The molecule has 0 bridgehead atoms. The summed E-state index contributed by atoms with van der Waals surface area (Å²) in [5.74, 6) is 2.33. The molecule has 1 amide bonds. The Labute approximate surface area is 194 Å². The lowest BCUT2D eigenvalue weighted by Crippen LogP contribution is -2.32. The highest BCUT2D eigenvalue weighted by Crippen LogP contribution is 2.23. The number of carbonyl (C=O) groups excluding carboxylic acids is 1. The van der Waals surface area contributed by atoms with E-state index in [9.17, 15) is 13.2 Å². The third kappa shape index (κ3) is 7.84. The van der Waals surface area contributed by atoms with Gasteiger partial charge in [0.05, 0.1) is 11.5 Å². The molecule has 3 aromatic rings. The average molecular weight is 470 g/mol. The van der Waals surface area contributed by atoms with E-state index in [4.69, 9.17) is 14.2 Å². The Morgan fingerprint density at radius 1 is 0.818 bits per heavy atom. The molecule has 7 nitrogen and oxygen atoms in total. The Hall–Kier alpha value is -3.52. The van der Waals surface area contributed by atoms with Crippen molar-refractivity contribution in [3.8, 4) is 23.0 Å². The Morgan fingerprint density at radius 3 is 2.15 bits per heavy atom. The first kappa shape index (κ1) is 24.1. The van der Waals surface area contributed by atoms with E-state index in [1.807, 2.05) is 30.3 Å². The fraction of sp³-hybridized carbons (Fsp3) is 0.240. The molecule has 0 saturated carbocycles. The van der Waals surface area contributed by atoms with E-state index in [1.54, 1.807) is 48.3 Å². The number of amides is 1. The first-order valence-corrected chi connectivity index (χ1v) is 12.3. The second-order valence-electron chi connectivity index (χ2n) is 7.44. The predicted molar refractivity (Wildman–Crippen MR) is 126 cm³/mol. The number of nitrogens with zero attached hydrogens (tertiary/aromatic N) is 1. The molecule has 3 aromatic carbocycles. The molecule has 0 unspecified atom stereocenters. The van der Waals surface area contributed by atoms with Gasteiger partial charge in [-0.2, -0.15) is 0 Å². The van der Waals surface area contributed by atoms with Gasteiger partial charge in [-0.15, -0.1) is 0 Å². The maximum absolute atomic E-state index is 12.3. The van der Waals surface area contributed by atoms with E-state index < -0.39 is 9.84 Å². The standard InChI is InChI=1S/C25H27NO6S/c1-26(16-7-17-30-23-10-6-11-24(18-23)33(2,28)29)25(27)19-31-20-12-14-22(15-13-20)32-21-8-4-3-5-9-21/h3-6,8-15,18H,7,16-17,19H2,1-2H3. The summed E-state index contributed by atoms with van der Waals surface area (Å²) < 4.78 is 40.2. The third-order valence-electron chi connectivity index (χ3n) is 4.73. The number of carbonyl (C=O) groups is 1. The number of rotatable bonds is 11. The van der Waals surface area contributed by atoms with Gasteiger partial charge in [0.1, 0.15) is 23.0 Å². The Balaban J connectivity index is 1.37. The van der Waals surface area contributed by atoms with Crippen molar-refractivity contribution in [2.45, 2.75) is 11.3 Å². The zero-order valence-electron chi connectivity index (χ0n) is 18.6. The van der Waals surface area contributed by atoms with Crippen molar-refractivity contribution in [1.29, 1.82) is 0 Å². The molecule has 0 fully saturated rings. The Bertz CT molecular complexity index is 1150. The van der Waals surface area contributed by atoms with Crippen LogP contribution in [0.25, 0.3) is 0 Å². The lowest BCUT2D eigenvalue weighted by atomic mass is 10.3. The Morgan fingerprint density at radius 2 is 1.45 bits per heavy atom. The van der Waals surface area contributed by atoms with Crippen LogP contribution in [0.5, 0.6) is 23.0 Å². The summed E-state index contributed by atoms with van der Waals surface area (Å²) in [5, 5.41) is 0. The molecule has 0 aliphatic carbocycles. The maximum Gasteiger partial charge on any atom is 0.260 e. The van der Waals surface area contributed by atoms with Gasteiger partial charge in [-0.25, -0.2) is 8.42 Å². The zero-order chi connectivity index (χ0) is 23.7. The van der Waals surface area contributed by atoms with E-state index in [0.717, 1.165) is 12.0 Å². The second-order valence-corrected chi connectivity index (χ2v) is 9.46. The summed E-state index contributed by atoms with van der Waals surface area (Å²) in [4.78, 5) is 14.1. The van der Waals surface area contributed by atoms with E-state index in [-0.39, 0.29) is 17.4 Å². The quantitative estimate of drug-likeness (QED) is 0.392. The minimum atomic E-state index is -3.28. The number of ether oxygens (including phenoxy) is 3. The number of benzene rings is 3. The van der Waals surface area contributed by atoms with Crippen LogP contribution in [0.2, 0.25) is 0 Å². The number of sulfone groups is 1. The summed E-state index contributed by atoms with van der Waals surface area (Å²) in [6.45, 7) is 0.763. The highest BCUT2D eigenvalue weighted by molar-refractivity contribution is 7.90. The molecule has 0 aliphatic rings. The highest BCUT2D eigenvalue weighted by atomic mass is 32.2. The van der Waals surface area contributed by atoms with Gasteiger partial charge in [0.25, 0.3) is 5.91 Å². The smallest absolute Gasteiger partial charge is 0.260 e. The molecule has 0 spiro atoms. The molecule has 8 heteroatoms. The summed E-state index contributed by atoms with van der Waals surface area (Å²) in [5.41, 5.74) is 0. The van der Waals surface area contributed by atoms with Gasteiger partial charge < -0.3 is 19.1 Å². The average Bonchev–Trinajstić information content (AvgIpc) is 2.81. The fourth-order valence-electron chi connectivity index (χ4n) is 2.89. The van der Waals surface area contributed by atoms with E-state index in [0.29, 0.717) is 36.8 Å². The normalized spacial score (nSPS) is 11.0. The second kappa shape index (κ2) is 11.4. The molecule has 3 rings (SSSR count). The first-order chi connectivity index (χ1) is 15.8. The minimum absolute atomic E-state index is 0.0767. The monoisotopic (exact) mass is 469 g/mol. The van der Waals surface area contributed by atoms with Gasteiger partial charge in [0.2, 0.25) is 0 Å². The van der Waals surface area contributed by atoms with Crippen LogP contribution >= 0.6 is 0 Å². The first-order valence-electron chi connectivity index (χ1n) is 10.4. The van der Waals surface area contributed by atoms with Crippen LogP contribution in [0.1, 0.15) is 6.42 Å². The van der Waals surface area contributed by atoms with Crippen molar-refractivity contribution in [2.75, 3.05) is 33.1 Å². The molecule has 0 atom stereocenters.